The highest BCUT2D eigenvalue weighted by Crippen LogP contribution is 2.37. The molecule has 103 valence electrons. The Balaban J connectivity index is 1.84. The minimum Gasteiger partial charge on any atom is -0.117 e. The summed E-state index contributed by atoms with van der Waals surface area (Å²) in [6.07, 6.45) is 1.03. The average Bonchev–Trinajstić information content (AvgIpc) is 2.57. The van der Waals surface area contributed by atoms with Crippen molar-refractivity contribution in [1.82, 2.24) is 0 Å². The van der Waals surface area contributed by atoms with Crippen LogP contribution in [0.15, 0.2) is 89.8 Å². The first-order valence-electron chi connectivity index (χ1n) is 7.14. The Bertz CT molecular complexity index is 606. The predicted octanol–water partition coefficient (Wildman–Crippen LogP) is 5.56. The van der Waals surface area contributed by atoms with Crippen LogP contribution >= 0.6 is 11.8 Å². The summed E-state index contributed by atoms with van der Waals surface area (Å²) < 4.78 is 0. The molecule has 0 aliphatic carbocycles. The zero-order valence-corrected chi connectivity index (χ0v) is 12.6. The van der Waals surface area contributed by atoms with Gasteiger partial charge in [0, 0.05) is 10.1 Å². The number of hydrogen-bond donors (Lipinski definition) is 0. The molecule has 0 aromatic heterocycles. The van der Waals surface area contributed by atoms with E-state index in [1.807, 2.05) is 23.9 Å². The minimum absolute atomic E-state index is 0.409. The standard InChI is InChI=1S/C20H17S/c1-4-10-17(11-5-1)16-20(18-12-6-2-7-13-18)21-19-14-8-3-9-15-19/h1-14,20H,16H2. The van der Waals surface area contributed by atoms with Gasteiger partial charge in [0.05, 0.1) is 0 Å². The molecular formula is C20H17S. The molecule has 1 radical (unpaired) electrons. The lowest BCUT2D eigenvalue weighted by Crippen LogP contribution is -1.99. The number of benzene rings is 3. The van der Waals surface area contributed by atoms with Crippen molar-refractivity contribution in [2.75, 3.05) is 0 Å². The second-order valence-corrected chi connectivity index (χ2v) is 6.18. The zero-order valence-electron chi connectivity index (χ0n) is 11.8. The second-order valence-electron chi connectivity index (χ2n) is 4.93. The monoisotopic (exact) mass is 289 g/mol. The molecule has 1 atom stereocenters. The van der Waals surface area contributed by atoms with Crippen LogP contribution in [0.25, 0.3) is 0 Å². The summed E-state index contributed by atoms with van der Waals surface area (Å²) in [5.41, 5.74) is 2.73. The molecule has 21 heavy (non-hydrogen) atoms. The molecule has 0 N–H and O–H groups in total. The predicted molar refractivity (Wildman–Crippen MR) is 90.5 cm³/mol. The third-order valence-electron chi connectivity index (χ3n) is 3.39. The Morgan fingerprint density at radius 3 is 2.10 bits per heavy atom. The lowest BCUT2D eigenvalue weighted by Gasteiger charge is -2.17. The molecule has 0 amide bonds. The summed E-state index contributed by atoms with van der Waals surface area (Å²) >= 11 is 1.88. The fraction of sp³-hybridized carbons (Fsp3) is 0.100. The maximum atomic E-state index is 3.32. The van der Waals surface area contributed by atoms with E-state index in [-0.39, 0.29) is 0 Å². The Morgan fingerprint density at radius 2 is 1.43 bits per heavy atom. The summed E-state index contributed by atoms with van der Waals surface area (Å²) in [7, 11) is 0. The van der Waals surface area contributed by atoms with Crippen molar-refractivity contribution in [3.05, 3.63) is 102 Å². The van der Waals surface area contributed by atoms with Gasteiger partial charge in [0.2, 0.25) is 0 Å². The molecule has 0 fully saturated rings. The van der Waals surface area contributed by atoms with Crippen molar-refractivity contribution in [1.29, 1.82) is 0 Å². The maximum Gasteiger partial charge on any atom is 0.0385 e. The van der Waals surface area contributed by atoms with Gasteiger partial charge in [-0.25, -0.2) is 0 Å². The van der Waals surface area contributed by atoms with Crippen LogP contribution in [0.4, 0.5) is 0 Å². The first kappa shape index (κ1) is 14.0. The highest BCUT2D eigenvalue weighted by atomic mass is 32.2. The van der Waals surface area contributed by atoms with Crippen LogP contribution in [0.5, 0.6) is 0 Å². The van der Waals surface area contributed by atoms with Gasteiger partial charge in [-0.15, -0.1) is 11.8 Å². The van der Waals surface area contributed by atoms with E-state index in [4.69, 9.17) is 0 Å². The molecule has 0 bridgehead atoms. The molecule has 0 nitrogen and oxygen atoms in total. The topological polar surface area (TPSA) is 0 Å². The van der Waals surface area contributed by atoms with E-state index < -0.39 is 0 Å². The number of hydrogen-bond acceptors (Lipinski definition) is 1. The Kier molecular flexibility index (Phi) is 4.75. The Morgan fingerprint density at radius 1 is 0.762 bits per heavy atom. The van der Waals surface area contributed by atoms with Gasteiger partial charge in [0.25, 0.3) is 0 Å². The van der Waals surface area contributed by atoms with Crippen molar-refractivity contribution in [2.24, 2.45) is 0 Å². The summed E-state index contributed by atoms with van der Waals surface area (Å²) in [5.74, 6) is 0. The molecular weight excluding hydrogens is 272 g/mol. The largest absolute Gasteiger partial charge is 0.117 e. The van der Waals surface area contributed by atoms with Gasteiger partial charge in [0.15, 0.2) is 0 Å². The summed E-state index contributed by atoms with van der Waals surface area (Å²) in [6.45, 7) is 0. The van der Waals surface area contributed by atoms with Crippen molar-refractivity contribution < 1.29 is 0 Å². The van der Waals surface area contributed by atoms with E-state index >= 15 is 0 Å². The molecule has 3 aromatic carbocycles. The van der Waals surface area contributed by atoms with E-state index in [2.05, 4.69) is 78.9 Å². The van der Waals surface area contributed by atoms with Crippen LogP contribution < -0.4 is 0 Å². The van der Waals surface area contributed by atoms with Gasteiger partial charge < -0.3 is 0 Å². The molecule has 0 saturated heterocycles. The highest BCUT2D eigenvalue weighted by molar-refractivity contribution is 7.99. The van der Waals surface area contributed by atoms with Crippen molar-refractivity contribution in [3.63, 3.8) is 0 Å². The van der Waals surface area contributed by atoms with Crippen molar-refractivity contribution in [3.8, 4) is 0 Å². The number of thioether (sulfide) groups is 1. The first-order chi connectivity index (χ1) is 10.4. The van der Waals surface area contributed by atoms with Crippen LogP contribution in [0.3, 0.4) is 0 Å². The van der Waals surface area contributed by atoms with Crippen LogP contribution in [-0.4, -0.2) is 0 Å². The Hall–Kier alpha value is -1.99. The quantitative estimate of drug-likeness (QED) is 0.554. The third kappa shape index (κ3) is 3.99. The normalized spacial score (nSPS) is 12.0. The van der Waals surface area contributed by atoms with Gasteiger partial charge in [-0.3, -0.25) is 0 Å². The molecule has 1 unspecified atom stereocenters. The molecule has 3 aromatic rings. The van der Waals surface area contributed by atoms with E-state index in [9.17, 15) is 0 Å². The van der Waals surface area contributed by atoms with E-state index in [1.165, 1.54) is 16.0 Å². The van der Waals surface area contributed by atoms with Crippen LogP contribution in [0.2, 0.25) is 0 Å². The van der Waals surface area contributed by atoms with E-state index in [0.29, 0.717) is 5.25 Å². The zero-order chi connectivity index (χ0) is 14.3. The lowest BCUT2D eigenvalue weighted by molar-refractivity contribution is 0.931. The summed E-state index contributed by atoms with van der Waals surface area (Å²) in [5, 5.41) is 0.409. The van der Waals surface area contributed by atoms with E-state index in [1.54, 1.807) is 0 Å². The minimum atomic E-state index is 0.409. The summed E-state index contributed by atoms with van der Waals surface area (Å²) in [4.78, 5) is 1.20. The SMILES string of the molecule is [c]1ccccc1SC(Cc1ccccc1)c1ccccc1. The molecule has 0 aliphatic heterocycles. The van der Waals surface area contributed by atoms with Crippen molar-refractivity contribution in [2.45, 2.75) is 16.6 Å². The molecule has 0 aliphatic rings. The average molecular weight is 289 g/mol. The number of rotatable bonds is 5. The molecule has 0 heterocycles. The first-order valence-corrected chi connectivity index (χ1v) is 8.02. The molecule has 1 heteroatoms. The lowest BCUT2D eigenvalue weighted by atomic mass is 10.0. The summed E-state index contributed by atoms with van der Waals surface area (Å²) in [6, 6.07) is 32.9. The molecule has 0 spiro atoms. The van der Waals surface area contributed by atoms with Gasteiger partial charge in [-0.05, 0) is 29.7 Å². The fourth-order valence-electron chi connectivity index (χ4n) is 2.33. The van der Waals surface area contributed by atoms with Crippen LogP contribution in [0.1, 0.15) is 16.4 Å². The van der Waals surface area contributed by atoms with E-state index in [0.717, 1.165) is 6.42 Å². The smallest absolute Gasteiger partial charge is 0.0385 e. The van der Waals surface area contributed by atoms with Crippen molar-refractivity contribution >= 4 is 11.8 Å². The molecule has 0 saturated carbocycles. The van der Waals surface area contributed by atoms with Gasteiger partial charge in [-0.2, -0.15) is 0 Å². The van der Waals surface area contributed by atoms with Gasteiger partial charge >= 0.3 is 0 Å². The maximum absolute atomic E-state index is 3.32. The Labute approximate surface area is 130 Å². The molecule has 3 rings (SSSR count). The third-order valence-corrected chi connectivity index (χ3v) is 4.62. The second kappa shape index (κ2) is 7.14. The van der Waals surface area contributed by atoms with Crippen LogP contribution in [-0.2, 0) is 6.42 Å². The van der Waals surface area contributed by atoms with Gasteiger partial charge in [0.1, 0.15) is 0 Å². The highest BCUT2D eigenvalue weighted by Gasteiger charge is 2.13. The fourth-order valence-corrected chi connectivity index (χ4v) is 3.50. The van der Waals surface area contributed by atoms with Crippen LogP contribution in [0, 0.1) is 6.07 Å². The van der Waals surface area contributed by atoms with Gasteiger partial charge in [-0.1, -0.05) is 78.9 Å².